The lowest BCUT2D eigenvalue weighted by Crippen LogP contribution is -2.27. The highest BCUT2D eigenvalue weighted by Gasteiger charge is 2.31. The van der Waals surface area contributed by atoms with Gasteiger partial charge in [-0.05, 0) is 54.0 Å². The number of hydrogen-bond acceptors (Lipinski definition) is 4. The van der Waals surface area contributed by atoms with E-state index >= 15 is 0 Å². The van der Waals surface area contributed by atoms with Crippen LogP contribution in [-0.2, 0) is 16.8 Å². The van der Waals surface area contributed by atoms with Crippen LogP contribution < -0.4 is 5.32 Å². The van der Waals surface area contributed by atoms with Gasteiger partial charge in [0.1, 0.15) is 22.5 Å². The van der Waals surface area contributed by atoms with Crippen LogP contribution in [0.4, 0.5) is 0 Å². The molecule has 2 aromatic carbocycles. The first kappa shape index (κ1) is 22.5. The molecule has 1 heterocycles. The molecule has 0 bridgehead atoms. The molecule has 0 saturated heterocycles. The molecular weight excluding hydrogens is 388 g/mol. The zero-order chi connectivity index (χ0) is 23.0. The number of aromatic nitrogens is 3. The summed E-state index contributed by atoms with van der Waals surface area (Å²) in [5, 5.41) is 23.3. The zero-order valence-corrected chi connectivity index (χ0v) is 19.3. The summed E-state index contributed by atoms with van der Waals surface area (Å²) in [6.45, 7) is 16.5. The summed E-state index contributed by atoms with van der Waals surface area (Å²) in [5.74, 6) is -0.0439. The Balaban J connectivity index is 2.13. The summed E-state index contributed by atoms with van der Waals surface area (Å²) < 4.78 is 0. The number of phenols is 1. The van der Waals surface area contributed by atoms with Crippen molar-refractivity contribution in [2.24, 2.45) is 5.41 Å². The second-order valence-electron chi connectivity index (χ2n) is 10.1. The van der Waals surface area contributed by atoms with Crippen molar-refractivity contribution >= 4 is 16.9 Å². The van der Waals surface area contributed by atoms with Crippen LogP contribution in [0.2, 0.25) is 0 Å². The predicted octanol–water partition coefficient (Wildman–Crippen LogP) is 5.03. The summed E-state index contributed by atoms with van der Waals surface area (Å²) in [5.41, 5.74) is 3.87. The molecule has 164 valence electrons. The topological polar surface area (TPSA) is 80.0 Å². The molecule has 3 aromatic rings. The molecule has 0 fully saturated rings. The lowest BCUT2D eigenvalue weighted by molar-refractivity contribution is -0.117. The van der Waals surface area contributed by atoms with Gasteiger partial charge in [0, 0.05) is 17.7 Å². The van der Waals surface area contributed by atoms with Gasteiger partial charge >= 0.3 is 0 Å². The van der Waals surface area contributed by atoms with Crippen molar-refractivity contribution in [1.82, 2.24) is 20.3 Å². The van der Waals surface area contributed by atoms with E-state index in [1.54, 1.807) is 6.92 Å². The largest absolute Gasteiger partial charge is 0.505 e. The summed E-state index contributed by atoms with van der Waals surface area (Å²) in [6.07, 6.45) is 0.864. The van der Waals surface area contributed by atoms with Gasteiger partial charge in [0.25, 0.3) is 0 Å². The lowest BCUT2D eigenvalue weighted by Gasteiger charge is -2.34. The summed E-state index contributed by atoms with van der Waals surface area (Å²) in [4.78, 5) is 13.5. The van der Waals surface area contributed by atoms with Crippen LogP contribution >= 0.6 is 0 Å². The van der Waals surface area contributed by atoms with E-state index in [0.717, 1.165) is 28.6 Å². The SMILES string of the molecule is C=C(C)C(=O)NCc1cc(-n2nc3ccccc3n2)c(O)c(C(C)(C)CC(C)(C)C)c1. The van der Waals surface area contributed by atoms with Crippen molar-refractivity contribution < 1.29 is 9.90 Å². The van der Waals surface area contributed by atoms with Crippen molar-refractivity contribution in [2.45, 2.75) is 59.9 Å². The molecule has 0 spiro atoms. The van der Waals surface area contributed by atoms with E-state index in [1.807, 2.05) is 36.4 Å². The second kappa shape index (κ2) is 8.17. The van der Waals surface area contributed by atoms with Gasteiger partial charge < -0.3 is 10.4 Å². The van der Waals surface area contributed by atoms with Crippen LogP contribution in [0.25, 0.3) is 16.7 Å². The Bertz CT molecular complexity index is 1100. The first-order chi connectivity index (χ1) is 14.4. The van der Waals surface area contributed by atoms with Crippen LogP contribution in [0.5, 0.6) is 5.75 Å². The normalized spacial score (nSPS) is 12.2. The fourth-order valence-electron chi connectivity index (χ4n) is 4.17. The highest BCUT2D eigenvalue weighted by atomic mass is 16.3. The minimum atomic E-state index is -0.308. The molecule has 6 nitrogen and oxygen atoms in total. The van der Waals surface area contributed by atoms with E-state index in [-0.39, 0.29) is 22.5 Å². The van der Waals surface area contributed by atoms with Crippen LogP contribution in [0, 0.1) is 5.41 Å². The highest BCUT2D eigenvalue weighted by molar-refractivity contribution is 5.92. The Morgan fingerprint density at radius 3 is 2.19 bits per heavy atom. The third kappa shape index (κ3) is 5.13. The van der Waals surface area contributed by atoms with E-state index in [2.05, 4.69) is 56.7 Å². The molecule has 1 amide bonds. The predicted molar refractivity (Wildman–Crippen MR) is 124 cm³/mol. The molecule has 0 unspecified atom stereocenters. The quantitative estimate of drug-likeness (QED) is 0.548. The molecule has 0 aliphatic rings. The minimum Gasteiger partial charge on any atom is -0.505 e. The monoisotopic (exact) mass is 420 g/mol. The third-order valence-corrected chi connectivity index (χ3v) is 5.19. The van der Waals surface area contributed by atoms with Crippen LogP contribution in [-0.4, -0.2) is 26.0 Å². The van der Waals surface area contributed by atoms with Gasteiger partial charge in [0.05, 0.1) is 0 Å². The molecule has 0 atom stereocenters. The number of carbonyl (C=O) groups is 1. The minimum absolute atomic E-state index is 0.0684. The van der Waals surface area contributed by atoms with Gasteiger partial charge in [-0.1, -0.05) is 53.3 Å². The van der Waals surface area contributed by atoms with Gasteiger partial charge in [-0.2, -0.15) is 0 Å². The zero-order valence-electron chi connectivity index (χ0n) is 19.3. The van der Waals surface area contributed by atoms with Crippen molar-refractivity contribution in [2.75, 3.05) is 0 Å². The van der Waals surface area contributed by atoms with E-state index < -0.39 is 0 Å². The molecule has 0 aliphatic heterocycles. The lowest BCUT2D eigenvalue weighted by atomic mass is 9.71. The van der Waals surface area contributed by atoms with E-state index in [0.29, 0.717) is 17.8 Å². The standard InChI is InChI=1S/C25H32N4O2/c1-16(2)23(31)26-14-17-12-18(25(6,7)15-24(3,4)5)22(30)21(13-17)29-27-19-10-8-9-11-20(19)28-29/h8-13,30H,1,14-15H2,2-7H3,(H,26,31). The van der Waals surface area contributed by atoms with Gasteiger partial charge in [0.2, 0.25) is 5.91 Å². The van der Waals surface area contributed by atoms with Crippen molar-refractivity contribution in [3.05, 3.63) is 59.7 Å². The molecule has 6 heteroatoms. The first-order valence-corrected chi connectivity index (χ1v) is 10.5. The number of aromatic hydroxyl groups is 1. The Labute approximate surface area is 184 Å². The maximum Gasteiger partial charge on any atom is 0.246 e. The molecule has 0 saturated carbocycles. The second-order valence-corrected chi connectivity index (χ2v) is 10.1. The smallest absolute Gasteiger partial charge is 0.246 e. The number of rotatable bonds is 6. The van der Waals surface area contributed by atoms with Crippen LogP contribution in [0.15, 0.2) is 48.6 Å². The number of fused-ring (bicyclic) bond motifs is 1. The van der Waals surface area contributed by atoms with Crippen LogP contribution in [0.3, 0.4) is 0 Å². The first-order valence-electron chi connectivity index (χ1n) is 10.5. The van der Waals surface area contributed by atoms with E-state index in [9.17, 15) is 9.90 Å². The third-order valence-electron chi connectivity index (χ3n) is 5.19. The summed E-state index contributed by atoms with van der Waals surface area (Å²) in [7, 11) is 0. The molecule has 2 N–H and O–H groups in total. The molecule has 0 aliphatic carbocycles. The maximum absolute atomic E-state index is 12.0. The number of nitrogens with zero attached hydrogens (tertiary/aromatic N) is 3. The van der Waals surface area contributed by atoms with Gasteiger partial charge in [-0.3, -0.25) is 4.79 Å². The average molecular weight is 421 g/mol. The molecule has 31 heavy (non-hydrogen) atoms. The Morgan fingerprint density at radius 2 is 1.68 bits per heavy atom. The average Bonchev–Trinajstić information content (AvgIpc) is 3.08. The van der Waals surface area contributed by atoms with Gasteiger partial charge in [-0.15, -0.1) is 15.0 Å². The molecule has 3 rings (SSSR count). The molecule has 1 aromatic heterocycles. The fraction of sp³-hybridized carbons (Fsp3) is 0.400. The molecule has 0 radical (unpaired) electrons. The van der Waals surface area contributed by atoms with Gasteiger partial charge in [0.15, 0.2) is 0 Å². The van der Waals surface area contributed by atoms with E-state index in [1.165, 1.54) is 4.80 Å². The number of phenolic OH excluding ortho intramolecular Hbond substituents is 1. The number of benzene rings is 2. The fourth-order valence-corrected chi connectivity index (χ4v) is 4.17. The summed E-state index contributed by atoms with van der Waals surface area (Å²) >= 11 is 0. The number of hydrogen-bond donors (Lipinski definition) is 2. The highest BCUT2D eigenvalue weighted by Crippen LogP contribution is 2.42. The molecular formula is C25H32N4O2. The van der Waals surface area contributed by atoms with Crippen LogP contribution in [0.1, 0.15) is 59.1 Å². The van der Waals surface area contributed by atoms with E-state index in [4.69, 9.17) is 0 Å². The van der Waals surface area contributed by atoms with Crippen molar-refractivity contribution in [1.29, 1.82) is 0 Å². The maximum atomic E-state index is 12.0. The Morgan fingerprint density at radius 1 is 1.10 bits per heavy atom. The number of amides is 1. The number of nitrogens with one attached hydrogen (secondary N) is 1. The van der Waals surface area contributed by atoms with Gasteiger partial charge in [-0.25, -0.2) is 0 Å². The Kier molecular flexibility index (Phi) is 5.94. The van der Waals surface area contributed by atoms with Crippen molar-refractivity contribution in [3.8, 4) is 11.4 Å². The summed E-state index contributed by atoms with van der Waals surface area (Å²) in [6, 6.07) is 11.4. The van der Waals surface area contributed by atoms with Crippen molar-refractivity contribution in [3.63, 3.8) is 0 Å². The Hall–Kier alpha value is -3.15. The number of carbonyl (C=O) groups excluding carboxylic acids is 1.